The van der Waals surface area contributed by atoms with Gasteiger partial charge in [-0.2, -0.15) is 0 Å². The van der Waals surface area contributed by atoms with Gasteiger partial charge >= 0.3 is 0 Å². The first-order chi connectivity index (χ1) is 16.9. The Morgan fingerprint density at radius 2 is 1.94 bits per heavy atom. The van der Waals surface area contributed by atoms with E-state index < -0.39 is 12.1 Å². The first kappa shape index (κ1) is 26.4. The fourth-order valence-corrected chi connectivity index (χ4v) is 3.45. The zero-order chi connectivity index (χ0) is 25.2. The number of carbonyl (C=O) groups is 1. The van der Waals surface area contributed by atoms with Crippen LogP contribution in [0.4, 0.5) is 15.9 Å². The number of amides is 1. The van der Waals surface area contributed by atoms with Crippen molar-refractivity contribution in [2.75, 3.05) is 19.0 Å². The van der Waals surface area contributed by atoms with Crippen LogP contribution in [0.2, 0.25) is 5.02 Å². The molecule has 0 spiro atoms. The number of aromatic nitrogens is 2. The maximum Gasteiger partial charge on any atom is 0.243 e. The molecular formula is C24H28ClFN4O5. The number of unbranched alkanes of at least 4 members (excludes halogenated alkanes) is 3. The van der Waals surface area contributed by atoms with Crippen LogP contribution in [0.15, 0.2) is 36.7 Å². The summed E-state index contributed by atoms with van der Waals surface area (Å²) >= 11 is 5.89. The number of benzene rings is 2. The second-order valence-corrected chi connectivity index (χ2v) is 8.16. The third kappa shape index (κ3) is 7.91. The Bertz CT molecular complexity index is 1150. The number of hydrogen-bond acceptors (Lipinski definition) is 8. The third-order valence-electron chi connectivity index (χ3n) is 5.00. The molecule has 3 aromatic rings. The lowest BCUT2D eigenvalue weighted by Crippen LogP contribution is -2.27. The number of fused-ring (bicyclic) bond motifs is 1. The summed E-state index contributed by atoms with van der Waals surface area (Å²) < 4.78 is 24.9. The first-order valence-electron chi connectivity index (χ1n) is 11.2. The van der Waals surface area contributed by atoms with Gasteiger partial charge in [0.05, 0.1) is 24.3 Å². The predicted molar refractivity (Wildman–Crippen MR) is 130 cm³/mol. The number of nitrogens with zero attached hydrogens (tertiary/aromatic N) is 2. The molecule has 0 saturated carbocycles. The van der Waals surface area contributed by atoms with E-state index in [0.717, 1.165) is 19.3 Å². The highest BCUT2D eigenvalue weighted by Gasteiger charge is 2.13. The lowest BCUT2D eigenvalue weighted by Gasteiger charge is -2.14. The summed E-state index contributed by atoms with van der Waals surface area (Å²) in [7, 11) is 1.56. The molecule has 35 heavy (non-hydrogen) atoms. The highest BCUT2D eigenvalue weighted by atomic mass is 35.5. The van der Waals surface area contributed by atoms with E-state index >= 15 is 0 Å². The molecular weight excluding hydrogens is 479 g/mol. The Hall–Kier alpha value is -3.21. The standard InChI is InChI=1S/C24H28ClFN4O5/c1-15(31)35-30-23(32)7-5-3-4-6-10-34-22-12-17-20(13-21(22)33-2)27-14-28-24(17)29-16-8-9-19(26)18(25)11-16/h8-9,11-15,31H,3-7,10H2,1-2H3,(H,30,32)(H,27,28,29). The van der Waals surface area contributed by atoms with Gasteiger partial charge in [0, 0.05) is 23.6 Å². The zero-order valence-corrected chi connectivity index (χ0v) is 20.3. The minimum absolute atomic E-state index is 0.00720. The van der Waals surface area contributed by atoms with Crippen LogP contribution in [0.1, 0.15) is 39.0 Å². The molecule has 0 saturated heterocycles. The molecule has 11 heteroatoms. The zero-order valence-electron chi connectivity index (χ0n) is 19.5. The molecule has 188 valence electrons. The third-order valence-corrected chi connectivity index (χ3v) is 5.29. The van der Waals surface area contributed by atoms with Crippen molar-refractivity contribution in [2.45, 2.75) is 45.3 Å². The van der Waals surface area contributed by atoms with Crippen molar-refractivity contribution in [3.8, 4) is 11.5 Å². The van der Waals surface area contributed by atoms with Crippen LogP contribution in [0, 0.1) is 5.82 Å². The molecule has 1 aromatic heterocycles. The minimum Gasteiger partial charge on any atom is -0.493 e. The number of rotatable bonds is 13. The van der Waals surface area contributed by atoms with Gasteiger partial charge in [0.15, 0.2) is 17.8 Å². The van der Waals surface area contributed by atoms with E-state index in [2.05, 4.69) is 25.6 Å². The van der Waals surface area contributed by atoms with Crippen molar-refractivity contribution in [3.63, 3.8) is 0 Å². The molecule has 1 amide bonds. The van der Waals surface area contributed by atoms with Crippen LogP contribution in [0.25, 0.3) is 10.9 Å². The fraction of sp³-hybridized carbons (Fsp3) is 0.375. The van der Waals surface area contributed by atoms with Crippen LogP contribution in [-0.2, 0) is 9.63 Å². The molecule has 2 aromatic carbocycles. The number of hydroxylamine groups is 1. The maximum absolute atomic E-state index is 13.5. The van der Waals surface area contributed by atoms with Crippen molar-refractivity contribution < 1.29 is 28.6 Å². The Morgan fingerprint density at radius 1 is 1.14 bits per heavy atom. The average Bonchev–Trinajstić information content (AvgIpc) is 2.84. The van der Waals surface area contributed by atoms with E-state index in [4.69, 9.17) is 26.2 Å². The molecule has 3 rings (SSSR count). The van der Waals surface area contributed by atoms with E-state index in [1.54, 1.807) is 25.3 Å². The van der Waals surface area contributed by atoms with Gasteiger partial charge < -0.3 is 19.9 Å². The van der Waals surface area contributed by atoms with Crippen molar-refractivity contribution in [3.05, 3.63) is 47.5 Å². The van der Waals surface area contributed by atoms with Gasteiger partial charge in [0.1, 0.15) is 18.0 Å². The number of anilines is 2. The summed E-state index contributed by atoms with van der Waals surface area (Å²) in [4.78, 5) is 24.8. The molecule has 0 aliphatic carbocycles. The van der Waals surface area contributed by atoms with Crippen molar-refractivity contribution >= 4 is 39.9 Å². The van der Waals surface area contributed by atoms with Crippen LogP contribution in [0.5, 0.6) is 11.5 Å². The SMILES string of the molecule is COc1cc2ncnc(Nc3ccc(F)c(Cl)c3)c2cc1OCCCCCCC(=O)NOC(C)O. The Kier molecular flexibility index (Phi) is 9.83. The number of aliphatic hydroxyl groups excluding tert-OH is 1. The highest BCUT2D eigenvalue weighted by molar-refractivity contribution is 6.31. The molecule has 0 bridgehead atoms. The number of aliphatic hydroxyl groups is 1. The van der Waals surface area contributed by atoms with Gasteiger partial charge in [-0.15, -0.1) is 0 Å². The predicted octanol–water partition coefficient (Wildman–Crippen LogP) is 4.89. The summed E-state index contributed by atoms with van der Waals surface area (Å²) in [6.45, 7) is 1.87. The van der Waals surface area contributed by atoms with Gasteiger partial charge in [0.25, 0.3) is 0 Å². The van der Waals surface area contributed by atoms with Gasteiger partial charge in [-0.25, -0.2) is 24.7 Å². The van der Waals surface area contributed by atoms with E-state index in [1.165, 1.54) is 25.4 Å². The number of carbonyl (C=O) groups excluding carboxylic acids is 1. The van der Waals surface area contributed by atoms with Gasteiger partial charge in [-0.05, 0) is 44.0 Å². The van der Waals surface area contributed by atoms with Crippen molar-refractivity contribution in [1.29, 1.82) is 0 Å². The van der Waals surface area contributed by atoms with Crippen molar-refractivity contribution in [2.24, 2.45) is 0 Å². The summed E-state index contributed by atoms with van der Waals surface area (Å²) in [6, 6.07) is 7.90. The largest absolute Gasteiger partial charge is 0.493 e. The molecule has 0 aliphatic rings. The van der Waals surface area contributed by atoms with Gasteiger partial charge in [-0.3, -0.25) is 4.79 Å². The van der Waals surface area contributed by atoms with E-state index in [1.807, 2.05) is 0 Å². The minimum atomic E-state index is -1.04. The molecule has 0 fully saturated rings. The van der Waals surface area contributed by atoms with Crippen LogP contribution >= 0.6 is 11.6 Å². The summed E-state index contributed by atoms with van der Waals surface area (Å²) in [5, 5.41) is 12.8. The summed E-state index contributed by atoms with van der Waals surface area (Å²) in [5.41, 5.74) is 3.43. The van der Waals surface area contributed by atoms with Gasteiger partial charge in [0.2, 0.25) is 5.91 Å². The molecule has 1 atom stereocenters. The van der Waals surface area contributed by atoms with Crippen molar-refractivity contribution in [1.82, 2.24) is 15.4 Å². The van der Waals surface area contributed by atoms with Crippen LogP contribution in [0.3, 0.4) is 0 Å². The lowest BCUT2D eigenvalue weighted by molar-refractivity contribution is -0.162. The summed E-state index contributed by atoms with van der Waals surface area (Å²) in [5.74, 6) is 0.839. The Morgan fingerprint density at radius 3 is 2.69 bits per heavy atom. The lowest BCUT2D eigenvalue weighted by atomic mass is 10.1. The molecule has 1 heterocycles. The number of methoxy groups -OCH3 is 1. The quantitative estimate of drug-likeness (QED) is 0.170. The smallest absolute Gasteiger partial charge is 0.243 e. The second kappa shape index (κ2) is 13.0. The second-order valence-electron chi connectivity index (χ2n) is 7.75. The molecule has 0 radical (unpaired) electrons. The van der Waals surface area contributed by atoms with E-state index in [9.17, 15) is 9.18 Å². The average molecular weight is 507 g/mol. The van der Waals surface area contributed by atoms with Crippen LogP contribution < -0.4 is 20.3 Å². The number of ether oxygens (including phenoxy) is 2. The molecule has 1 unspecified atom stereocenters. The molecule has 9 nitrogen and oxygen atoms in total. The topological polar surface area (TPSA) is 115 Å². The number of nitrogens with one attached hydrogen (secondary N) is 2. The van der Waals surface area contributed by atoms with E-state index in [-0.39, 0.29) is 10.9 Å². The summed E-state index contributed by atoms with van der Waals surface area (Å²) in [6.07, 6.45) is 3.92. The van der Waals surface area contributed by atoms with Crippen LogP contribution in [-0.4, -0.2) is 41.0 Å². The fourth-order valence-electron chi connectivity index (χ4n) is 3.27. The first-order valence-corrected chi connectivity index (χ1v) is 11.6. The van der Waals surface area contributed by atoms with Gasteiger partial charge in [-0.1, -0.05) is 24.4 Å². The Labute approximate surface area is 207 Å². The highest BCUT2D eigenvalue weighted by Crippen LogP contribution is 2.35. The number of halogens is 2. The Balaban J connectivity index is 1.57. The molecule has 3 N–H and O–H groups in total. The number of hydrogen-bond donors (Lipinski definition) is 3. The van der Waals surface area contributed by atoms with E-state index in [0.29, 0.717) is 53.4 Å². The molecule has 0 aliphatic heterocycles. The normalized spacial score (nSPS) is 11.8. The monoisotopic (exact) mass is 506 g/mol. The maximum atomic E-state index is 13.5.